The predicted molar refractivity (Wildman–Crippen MR) is 101 cm³/mol. The Morgan fingerprint density at radius 2 is 2.04 bits per heavy atom. The number of benzene rings is 2. The van der Waals surface area contributed by atoms with Crippen LogP contribution in [0, 0.1) is 0 Å². The molecule has 3 aromatic rings. The summed E-state index contributed by atoms with van der Waals surface area (Å²) in [6.45, 7) is 4.70. The van der Waals surface area contributed by atoms with Crippen LogP contribution in [0.25, 0.3) is 10.2 Å². The molecule has 2 aromatic carbocycles. The molecule has 5 heteroatoms. The Balaban J connectivity index is 1.49. The minimum absolute atomic E-state index is 0.0203. The van der Waals surface area contributed by atoms with E-state index in [9.17, 15) is 4.79 Å². The molecule has 0 fully saturated rings. The molecule has 0 saturated carbocycles. The van der Waals surface area contributed by atoms with E-state index in [1.807, 2.05) is 24.3 Å². The summed E-state index contributed by atoms with van der Waals surface area (Å²) in [6.07, 6.45) is 0.914. The summed E-state index contributed by atoms with van der Waals surface area (Å²) < 4.78 is 1.05. The minimum atomic E-state index is -0.0203. The molecule has 3 rings (SSSR count). The number of amides is 1. The Bertz CT molecular complexity index is 800. The number of rotatable bonds is 7. The molecule has 0 bridgehead atoms. The van der Waals surface area contributed by atoms with Gasteiger partial charge in [-0.15, -0.1) is 11.3 Å². The summed E-state index contributed by atoms with van der Waals surface area (Å²) in [4.78, 5) is 18.8. The van der Waals surface area contributed by atoms with Gasteiger partial charge in [-0.2, -0.15) is 0 Å². The number of hydrogen-bond acceptors (Lipinski definition) is 4. The van der Waals surface area contributed by atoms with Gasteiger partial charge in [0.05, 0.1) is 15.7 Å². The van der Waals surface area contributed by atoms with Crippen molar-refractivity contribution in [2.75, 3.05) is 24.5 Å². The molecule has 0 spiro atoms. The molecule has 1 aromatic heterocycles. The van der Waals surface area contributed by atoms with Crippen LogP contribution in [0.3, 0.4) is 0 Å². The molecular formula is C19H21N3OS. The number of para-hydroxylation sites is 1. The van der Waals surface area contributed by atoms with Gasteiger partial charge in [-0.05, 0) is 43.7 Å². The van der Waals surface area contributed by atoms with Gasteiger partial charge < -0.3 is 10.2 Å². The molecule has 0 radical (unpaired) electrons. The van der Waals surface area contributed by atoms with Gasteiger partial charge in [0.25, 0.3) is 5.91 Å². The average molecular weight is 339 g/mol. The maximum atomic E-state index is 12.3. The number of fused-ring (bicyclic) bond motifs is 1. The Labute approximate surface area is 146 Å². The first-order valence-electron chi connectivity index (χ1n) is 8.19. The zero-order valence-corrected chi connectivity index (χ0v) is 14.6. The molecule has 1 heterocycles. The van der Waals surface area contributed by atoms with Crippen molar-refractivity contribution in [3.63, 3.8) is 0 Å². The maximum absolute atomic E-state index is 12.3. The van der Waals surface area contributed by atoms with Crippen LogP contribution < -0.4 is 10.2 Å². The molecule has 4 nitrogen and oxygen atoms in total. The van der Waals surface area contributed by atoms with Crippen LogP contribution in [0.15, 0.2) is 54.0 Å². The van der Waals surface area contributed by atoms with Crippen LogP contribution in [0.5, 0.6) is 0 Å². The number of hydrogen-bond donors (Lipinski definition) is 1. The van der Waals surface area contributed by atoms with Gasteiger partial charge in [0.2, 0.25) is 0 Å². The zero-order chi connectivity index (χ0) is 16.8. The van der Waals surface area contributed by atoms with Crippen molar-refractivity contribution in [2.45, 2.75) is 13.3 Å². The standard InChI is InChI=1S/C19H21N3OS/c1-2-22(16-7-4-3-5-8-16)12-6-11-20-19(23)15-9-10-17-18(13-15)24-14-21-17/h3-5,7-10,13-14H,2,6,11-12H2,1H3,(H,20,23). The summed E-state index contributed by atoms with van der Waals surface area (Å²) in [5.41, 5.74) is 4.66. The highest BCUT2D eigenvalue weighted by Crippen LogP contribution is 2.19. The zero-order valence-electron chi connectivity index (χ0n) is 13.7. The summed E-state index contributed by atoms with van der Waals surface area (Å²) in [6, 6.07) is 16.0. The van der Waals surface area contributed by atoms with Crippen molar-refractivity contribution in [2.24, 2.45) is 0 Å². The number of nitrogens with one attached hydrogen (secondary N) is 1. The summed E-state index contributed by atoms with van der Waals surface area (Å²) in [5.74, 6) is -0.0203. The highest BCUT2D eigenvalue weighted by molar-refractivity contribution is 7.16. The summed E-state index contributed by atoms with van der Waals surface area (Å²) >= 11 is 1.55. The van der Waals surface area contributed by atoms with E-state index >= 15 is 0 Å². The lowest BCUT2D eigenvalue weighted by atomic mass is 10.2. The van der Waals surface area contributed by atoms with Crippen LogP contribution in [-0.2, 0) is 0 Å². The molecule has 1 amide bonds. The van der Waals surface area contributed by atoms with Gasteiger partial charge in [-0.25, -0.2) is 4.98 Å². The Kier molecular flexibility index (Phi) is 5.43. The molecule has 1 N–H and O–H groups in total. The lowest BCUT2D eigenvalue weighted by Crippen LogP contribution is -2.29. The number of carbonyl (C=O) groups is 1. The molecule has 0 atom stereocenters. The Hall–Kier alpha value is -2.40. The smallest absolute Gasteiger partial charge is 0.251 e. The van der Waals surface area contributed by atoms with E-state index in [4.69, 9.17) is 0 Å². The van der Waals surface area contributed by atoms with Crippen LogP contribution in [0.4, 0.5) is 5.69 Å². The molecule has 0 unspecified atom stereocenters. The van der Waals surface area contributed by atoms with Gasteiger partial charge in [0.15, 0.2) is 0 Å². The van der Waals surface area contributed by atoms with E-state index in [0.29, 0.717) is 12.1 Å². The van der Waals surface area contributed by atoms with Crippen molar-refractivity contribution in [1.82, 2.24) is 10.3 Å². The van der Waals surface area contributed by atoms with E-state index in [0.717, 1.165) is 29.7 Å². The second-order valence-electron chi connectivity index (χ2n) is 5.56. The molecule has 0 saturated heterocycles. The fourth-order valence-corrected chi connectivity index (χ4v) is 3.40. The van der Waals surface area contributed by atoms with E-state index in [-0.39, 0.29) is 5.91 Å². The molecule has 0 aliphatic rings. The largest absolute Gasteiger partial charge is 0.372 e. The van der Waals surface area contributed by atoms with E-state index in [2.05, 4.69) is 46.4 Å². The monoisotopic (exact) mass is 339 g/mol. The highest BCUT2D eigenvalue weighted by Gasteiger charge is 2.08. The van der Waals surface area contributed by atoms with Gasteiger partial charge in [-0.3, -0.25) is 4.79 Å². The molecular weight excluding hydrogens is 318 g/mol. The lowest BCUT2D eigenvalue weighted by molar-refractivity contribution is 0.0953. The van der Waals surface area contributed by atoms with Crippen LogP contribution in [0.2, 0.25) is 0 Å². The van der Waals surface area contributed by atoms with Crippen molar-refractivity contribution in [1.29, 1.82) is 0 Å². The highest BCUT2D eigenvalue weighted by atomic mass is 32.1. The fourth-order valence-electron chi connectivity index (χ4n) is 2.68. The number of carbonyl (C=O) groups excluding carboxylic acids is 1. The fraction of sp³-hybridized carbons (Fsp3) is 0.263. The quantitative estimate of drug-likeness (QED) is 0.663. The topological polar surface area (TPSA) is 45.2 Å². The molecule has 124 valence electrons. The van der Waals surface area contributed by atoms with Crippen molar-refractivity contribution in [3.05, 3.63) is 59.6 Å². The predicted octanol–water partition coefficient (Wildman–Crippen LogP) is 3.94. The first kappa shape index (κ1) is 16.5. The number of nitrogens with zero attached hydrogens (tertiary/aromatic N) is 2. The molecule has 0 aliphatic carbocycles. The lowest BCUT2D eigenvalue weighted by Gasteiger charge is -2.23. The Morgan fingerprint density at radius 1 is 1.21 bits per heavy atom. The van der Waals surface area contributed by atoms with Gasteiger partial charge in [0.1, 0.15) is 0 Å². The van der Waals surface area contributed by atoms with Gasteiger partial charge in [-0.1, -0.05) is 18.2 Å². The normalized spacial score (nSPS) is 10.7. The third-order valence-corrected chi connectivity index (χ3v) is 4.78. The van der Waals surface area contributed by atoms with E-state index < -0.39 is 0 Å². The maximum Gasteiger partial charge on any atom is 0.251 e. The van der Waals surface area contributed by atoms with Crippen LogP contribution in [0.1, 0.15) is 23.7 Å². The van der Waals surface area contributed by atoms with Crippen LogP contribution in [-0.4, -0.2) is 30.5 Å². The third-order valence-electron chi connectivity index (χ3n) is 3.99. The summed E-state index contributed by atoms with van der Waals surface area (Å²) in [5, 5.41) is 3.01. The van der Waals surface area contributed by atoms with Crippen molar-refractivity contribution >= 4 is 33.1 Å². The van der Waals surface area contributed by atoms with E-state index in [1.165, 1.54) is 5.69 Å². The van der Waals surface area contributed by atoms with Gasteiger partial charge >= 0.3 is 0 Å². The Morgan fingerprint density at radius 3 is 2.83 bits per heavy atom. The van der Waals surface area contributed by atoms with Crippen molar-refractivity contribution in [3.8, 4) is 0 Å². The first-order valence-corrected chi connectivity index (χ1v) is 9.07. The number of anilines is 1. The van der Waals surface area contributed by atoms with Crippen molar-refractivity contribution < 1.29 is 4.79 Å². The molecule has 24 heavy (non-hydrogen) atoms. The second kappa shape index (κ2) is 7.93. The molecule has 0 aliphatic heterocycles. The average Bonchev–Trinajstić information content (AvgIpc) is 3.10. The second-order valence-corrected chi connectivity index (χ2v) is 6.45. The number of aromatic nitrogens is 1. The third kappa shape index (κ3) is 3.92. The summed E-state index contributed by atoms with van der Waals surface area (Å²) in [7, 11) is 0. The number of thiazole rings is 1. The first-order chi connectivity index (χ1) is 11.8. The minimum Gasteiger partial charge on any atom is -0.372 e. The van der Waals surface area contributed by atoms with Gasteiger partial charge in [0, 0.05) is 30.9 Å². The van der Waals surface area contributed by atoms with E-state index in [1.54, 1.807) is 16.8 Å². The SMILES string of the molecule is CCN(CCCNC(=O)c1ccc2ncsc2c1)c1ccccc1. The van der Waals surface area contributed by atoms with Crippen LogP contribution >= 0.6 is 11.3 Å².